The topological polar surface area (TPSA) is 40.6 Å². The van der Waals surface area contributed by atoms with E-state index in [2.05, 4.69) is 0 Å². The summed E-state index contributed by atoms with van der Waals surface area (Å²) in [5.41, 5.74) is 1.95. The van der Waals surface area contributed by atoms with E-state index in [1.165, 1.54) is 12.1 Å². The molecule has 1 atom stereocenters. The van der Waals surface area contributed by atoms with Gasteiger partial charge < -0.3 is 0 Å². The lowest BCUT2D eigenvalue weighted by Crippen LogP contribution is -2.49. The fourth-order valence-corrected chi connectivity index (χ4v) is 3.87. The van der Waals surface area contributed by atoms with Crippen molar-refractivity contribution in [3.8, 4) is 0 Å². The molecule has 1 heterocycles. The minimum absolute atomic E-state index is 0.0569. The molecule has 2 aliphatic rings. The van der Waals surface area contributed by atoms with Crippen molar-refractivity contribution in [3.05, 3.63) is 46.9 Å². The largest absolute Gasteiger partial charge is 0.294 e. The predicted molar refractivity (Wildman–Crippen MR) is 89.3 cm³/mol. The highest BCUT2D eigenvalue weighted by Gasteiger charge is 2.44. The molecular formula is C19H23FN2O2. The Morgan fingerprint density at radius 3 is 2.54 bits per heavy atom. The van der Waals surface area contributed by atoms with Crippen LogP contribution in [0.4, 0.5) is 4.39 Å². The summed E-state index contributed by atoms with van der Waals surface area (Å²) in [6.07, 6.45) is 1.30. The zero-order valence-corrected chi connectivity index (χ0v) is 14.6. The van der Waals surface area contributed by atoms with Gasteiger partial charge in [0.25, 0.3) is 0 Å². The molecular weight excluding hydrogens is 307 g/mol. The van der Waals surface area contributed by atoms with Gasteiger partial charge in [-0.25, -0.2) is 14.4 Å². The highest BCUT2D eigenvalue weighted by atomic mass is 19.1. The Bertz CT molecular complexity index is 737. The molecule has 0 saturated carbocycles. The van der Waals surface area contributed by atoms with Crippen LogP contribution in [-0.4, -0.2) is 35.8 Å². The number of rotatable bonds is 2. The fourth-order valence-electron chi connectivity index (χ4n) is 3.87. The van der Waals surface area contributed by atoms with Crippen LogP contribution in [0.2, 0.25) is 0 Å². The van der Waals surface area contributed by atoms with Crippen molar-refractivity contribution in [2.75, 3.05) is 14.1 Å². The SMILES string of the molecule is CN(C)N1C(=O)C[C@H](c2cccc(F)c2)C2=C1CC(C)(C)CC2=O. The number of ketones is 1. The molecule has 0 aromatic heterocycles. The van der Waals surface area contributed by atoms with Crippen LogP contribution in [0.15, 0.2) is 35.5 Å². The molecule has 0 radical (unpaired) electrons. The van der Waals surface area contributed by atoms with Gasteiger partial charge in [-0.3, -0.25) is 9.59 Å². The van der Waals surface area contributed by atoms with Crippen LogP contribution in [0, 0.1) is 11.2 Å². The van der Waals surface area contributed by atoms with Gasteiger partial charge in [0.15, 0.2) is 5.78 Å². The Kier molecular flexibility index (Phi) is 4.08. The lowest BCUT2D eigenvalue weighted by Gasteiger charge is -2.44. The van der Waals surface area contributed by atoms with Crippen LogP contribution in [-0.2, 0) is 9.59 Å². The number of carbonyl (C=O) groups excluding carboxylic acids is 2. The molecule has 1 aliphatic carbocycles. The molecule has 1 aliphatic heterocycles. The number of nitrogens with zero attached hydrogens (tertiary/aromatic N) is 2. The van der Waals surface area contributed by atoms with E-state index >= 15 is 0 Å². The average Bonchev–Trinajstić information content (AvgIpc) is 2.44. The third-order valence-corrected chi connectivity index (χ3v) is 4.77. The lowest BCUT2D eigenvalue weighted by atomic mass is 9.69. The molecule has 0 fully saturated rings. The third kappa shape index (κ3) is 2.88. The predicted octanol–water partition coefficient (Wildman–Crippen LogP) is 3.26. The molecule has 128 valence electrons. The van der Waals surface area contributed by atoms with E-state index < -0.39 is 0 Å². The van der Waals surface area contributed by atoms with Gasteiger partial charge in [0.1, 0.15) is 5.82 Å². The van der Waals surface area contributed by atoms with Gasteiger partial charge in [-0.15, -0.1) is 0 Å². The summed E-state index contributed by atoms with van der Waals surface area (Å²) < 4.78 is 13.7. The van der Waals surface area contributed by atoms with Gasteiger partial charge in [0.2, 0.25) is 5.91 Å². The molecule has 0 spiro atoms. The van der Waals surface area contributed by atoms with Crippen molar-refractivity contribution in [2.45, 2.75) is 39.0 Å². The van der Waals surface area contributed by atoms with Gasteiger partial charge in [0, 0.05) is 44.1 Å². The van der Waals surface area contributed by atoms with Crippen LogP contribution >= 0.6 is 0 Å². The first-order valence-corrected chi connectivity index (χ1v) is 8.21. The minimum Gasteiger partial charge on any atom is -0.294 e. The third-order valence-electron chi connectivity index (χ3n) is 4.77. The van der Waals surface area contributed by atoms with Crippen molar-refractivity contribution in [1.82, 2.24) is 10.0 Å². The lowest BCUT2D eigenvalue weighted by molar-refractivity contribution is -0.143. The maximum Gasteiger partial charge on any atom is 0.242 e. The van der Waals surface area contributed by atoms with Crippen molar-refractivity contribution >= 4 is 11.7 Å². The maximum absolute atomic E-state index is 13.7. The number of allylic oxidation sites excluding steroid dienone is 2. The number of benzene rings is 1. The van der Waals surface area contributed by atoms with Crippen LogP contribution in [0.5, 0.6) is 0 Å². The second-order valence-electron chi connectivity index (χ2n) is 7.67. The Hall–Kier alpha value is -2.01. The Morgan fingerprint density at radius 2 is 1.92 bits per heavy atom. The number of amides is 1. The highest BCUT2D eigenvalue weighted by Crippen LogP contribution is 2.47. The summed E-state index contributed by atoms with van der Waals surface area (Å²) in [7, 11) is 3.61. The summed E-state index contributed by atoms with van der Waals surface area (Å²) in [5, 5.41) is 3.35. The molecule has 1 aromatic rings. The first-order valence-electron chi connectivity index (χ1n) is 8.21. The van der Waals surface area contributed by atoms with Crippen molar-refractivity contribution < 1.29 is 14.0 Å². The highest BCUT2D eigenvalue weighted by molar-refractivity contribution is 6.01. The van der Waals surface area contributed by atoms with Crippen molar-refractivity contribution in [2.24, 2.45) is 5.41 Å². The van der Waals surface area contributed by atoms with Gasteiger partial charge >= 0.3 is 0 Å². The molecule has 5 heteroatoms. The van der Waals surface area contributed by atoms with E-state index in [1.807, 2.05) is 13.8 Å². The first-order chi connectivity index (χ1) is 11.2. The molecule has 0 N–H and O–H groups in total. The quantitative estimate of drug-likeness (QED) is 0.836. The number of carbonyl (C=O) groups is 2. The van der Waals surface area contributed by atoms with Crippen molar-refractivity contribution in [3.63, 3.8) is 0 Å². The fraction of sp³-hybridized carbons (Fsp3) is 0.474. The standard InChI is InChI=1S/C19H23FN2O2/c1-19(2)10-15-18(16(23)11-19)14(9-17(24)22(15)21(3)4)12-6-5-7-13(20)8-12/h5-8,14H,9-11H2,1-4H3/t14-/m1/s1. The van der Waals surface area contributed by atoms with E-state index in [1.54, 1.807) is 36.2 Å². The zero-order chi connectivity index (χ0) is 17.6. The normalized spacial score (nSPS) is 23.8. The molecule has 1 amide bonds. The van der Waals surface area contributed by atoms with Gasteiger partial charge in [-0.2, -0.15) is 0 Å². The number of Topliss-reactive ketones (excluding diaryl/α,β-unsaturated/α-hetero) is 1. The van der Waals surface area contributed by atoms with E-state index in [4.69, 9.17) is 0 Å². The van der Waals surface area contributed by atoms with Crippen LogP contribution in [0.3, 0.4) is 0 Å². The van der Waals surface area contributed by atoms with E-state index in [-0.39, 0.29) is 35.3 Å². The summed E-state index contributed by atoms with van der Waals surface area (Å²) in [4.78, 5) is 25.6. The number of hydrogen-bond donors (Lipinski definition) is 0. The van der Waals surface area contributed by atoms with Crippen molar-refractivity contribution in [1.29, 1.82) is 0 Å². The summed E-state index contributed by atoms with van der Waals surface area (Å²) >= 11 is 0. The van der Waals surface area contributed by atoms with E-state index in [9.17, 15) is 14.0 Å². The Morgan fingerprint density at radius 1 is 1.21 bits per heavy atom. The average molecular weight is 330 g/mol. The zero-order valence-electron chi connectivity index (χ0n) is 14.6. The van der Waals surface area contributed by atoms with E-state index in [0.717, 1.165) is 5.70 Å². The second-order valence-corrected chi connectivity index (χ2v) is 7.67. The minimum atomic E-state index is -0.358. The van der Waals surface area contributed by atoms with Gasteiger partial charge in [0.05, 0.1) is 0 Å². The molecule has 0 unspecified atom stereocenters. The van der Waals surface area contributed by atoms with Crippen LogP contribution in [0.25, 0.3) is 0 Å². The molecule has 0 bridgehead atoms. The van der Waals surface area contributed by atoms with Crippen LogP contribution < -0.4 is 0 Å². The first kappa shape index (κ1) is 16.8. The summed E-state index contributed by atoms with van der Waals surface area (Å²) in [6, 6.07) is 6.23. The smallest absolute Gasteiger partial charge is 0.242 e. The molecule has 0 saturated heterocycles. The molecule has 1 aromatic carbocycles. The maximum atomic E-state index is 13.7. The molecule has 3 rings (SSSR count). The van der Waals surface area contributed by atoms with Gasteiger partial charge in [-0.1, -0.05) is 26.0 Å². The van der Waals surface area contributed by atoms with Gasteiger partial charge in [-0.05, 0) is 29.5 Å². The number of hydrazine groups is 1. The second kappa shape index (κ2) is 5.81. The molecule has 24 heavy (non-hydrogen) atoms. The number of halogens is 1. The summed E-state index contributed by atoms with van der Waals surface area (Å²) in [5.74, 6) is -0.697. The van der Waals surface area contributed by atoms with Crippen LogP contribution in [0.1, 0.15) is 44.6 Å². The Balaban J connectivity index is 2.17. The summed E-state index contributed by atoms with van der Waals surface area (Å²) in [6.45, 7) is 4.08. The monoisotopic (exact) mass is 330 g/mol. The van der Waals surface area contributed by atoms with E-state index in [0.29, 0.717) is 24.0 Å². The Labute approximate surface area is 141 Å². The number of hydrogen-bond acceptors (Lipinski definition) is 3. The molecule has 4 nitrogen and oxygen atoms in total.